The number of aromatic nitrogens is 1. The maximum atomic E-state index is 6.19. The van der Waals surface area contributed by atoms with Gasteiger partial charge in [-0.25, -0.2) is 4.98 Å². The number of nitrogens with zero attached hydrogens (tertiary/aromatic N) is 1. The molecule has 0 radical (unpaired) electrons. The molecule has 3 nitrogen and oxygen atoms in total. The molecule has 28 heavy (non-hydrogen) atoms. The van der Waals surface area contributed by atoms with Gasteiger partial charge in [0, 0.05) is 10.6 Å². The Bertz CT molecular complexity index is 1100. The number of benzene rings is 3. The van der Waals surface area contributed by atoms with Crippen molar-refractivity contribution in [3.8, 4) is 11.5 Å². The lowest BCUT2D eigenvalue weighted by Gasteiger charge is -2.12. The zero-order valence-electron chi connectivity index (χ0n) is 15.3. The van der Waals surface area contributed by atoms with Crippen LogP contribution in [0.25, 0.3) is 22.4 Å². The second kappa shape index (κ2) is 8.46. The number of fused-ring (bicyclic) bond motifs is 1. The van der Waals surface area contributed by atoms with E-state index in [9.17, 15) is 0 Å². The summed E-state index contributed by atoms with van der Waals surface area (Å²) in [7, 11) is 1.64. The monoisotopic (exact) mass is 407 g/mol. The molecule has 140 valence electrons. The molecule has 0 unspecified atom stereocenters. The van der Waals surface area contributed by atoms with Crippen LogP contribution in [0.3, 0.4) is 0 Å². The van der Waals surface area contributed by atoms with Gasteiger partial charge in [0.15, 0.2) is 11.5 Å². The van der Waals surface area contributed by atoms with Gasteiger partial charge in [0.2, 0.25) is 0 Å². The first-order valence-electron chi connectivity index (χ1n) is 8.81. The molecule has 1 heterocycles. The minimum atomic E-state index is 0.386. The molecule has 3 aromatic carbocycles. The second-order valence-electron chi connectivity index (χ2n) is 6.14. The highest BCUT2D eigenvalue weighted by molar-refractivity contribution is 7.19. The van der Waals surface area contributed by atoms with E-state index in [1.807, 2.05) is 72.8 Å². The van der Waals surface area contributed by atoms with Gasteiger partial charge in [-0.1, -0.05) is 54.1 Å². The minimum Gasteiger partial charge on any atom is -0.493 e. The first kappa shape index (κ1) is 18.5. The molecule has 0 spiro atoms. The predicted octanol–water partition coefficient (Wildman–Crippen LogP) is 6.71. The topological polar surface area (TPSA) is 31.4 Å². The number of halogens is 1. The summed E-state index contributed by atoms with van der Waals surface area (Å²) in [6.07, 6.45) is 4.04. The van der Waals surface area contributed by atoms with Crippen LogP contribution in [0.5, 0.6) is 11.5 Å². The van der Waals surface area contributed by atoms with Gasteiger partial charge in [-0.2, -0.15) is 0 Å². The van der Waals surface area contributed by atoms with E-state index in [0.29, 0.717) is 23.1 Å². The van der Waals surface area contributed by atoms with Crippen LogP contribution in [0.15, 0.2) is 66.7 Å². The van der Waals surface area contributed by atoms with Gasteiger partial charge in [0.25, 0.3) is 0 Å². The molecule has 0 aliphatic heterocycles. The van der Waals surface area contributed by atoms with Gasteiger partial charge in [-0.15, -0.1) is 11.3 Å². The highest BCUT2D eigenvalue weighted by Gasteiger charge is 2.07. The Hall–Kier alpha value is -2.82. The van der Waals surface area contributed by atoms with Crippen molar-refractivity contribution in [2.75, 3.05) is 7.11 Å². The lowest BCUT2D eigenvalue weighted by atomic mass is 10.2. The van der Waals surface area contributed by atoms with E-state index in [4.69, 9.17) is 21.1 Å². The lowest BCUT2D eigenvalue weighted by Crippen LogP contribution is -1.98. The van der Waals surface area contributed by atoms with Crippen LogP contribution < -0.4 is 9.47 Å². The van der Waals surface area contributed by atoms with Gasteiger partial charge >= 0.3 is 0 Å². The smallest absolute Gasteiger partial charge is 0.161 e. The highest BCUT2D eigenvalue weighted by atomic mass is 35.5. The first-order chi connectivity index (χ1) is 13.7. The summed E-state index contributed by atoms with van der Waals surface area (Å²) in [5.41, 5.74) is 2.97. The standard InChI is InChI=1S/C23H18ClNO2S/c1-26-21-14-16(11-13-23-25-19-8-4-5-9-22(19)28-23)10-12-20(21)27-15-17-6-2-3-7-18(17)24/h2-14H,15H2,1H3/b13-11+. The summed E-state index contributed by atoms with van der Waals surface area (Å²) in [6.45, 7) is 0.386. The van der Waals surface area contributed by atoms with Crippen LogP contribution in [0.4, 0.5) is 0 Å². The molecule has 4 rings (SSSR count). The summed E-state index contributed by atoms with van der Waals surface area (Å²) in [6, 6.07) is 21.6. The number of methoxy groups -OCH3 is 1. The number of thiazole rings is 1. The Kier molecular flexibility index (Phi) is 5.60. The van der Waals surface area contributed by atoms with Gasteiger partial charge in [-0.3, -0.25) is 0 Å². The Morgan fingerprint density at radius 1 is 0.964 bits per heavy atom. The van der Waals surface area contributed by atoms with E-state index in [1.54, 1.807) is 18.4 Å². The van der Waals surface area contributed by atoms with Crippen molar-refractivity contribution in [1.29, 1.82) is 0 Å². The fourth-order valence-corrected chi connectivity index (χ4v) is 3.87. The minimum absolute atomic E-state index is 0.386. The van der Waals surface area contributed by atoms with Crippen LogP contribution in [0, 0.1) is 0 Å². The Morgan fingerprint density at radius 2 is 1.79 bits per heavy atom. The summed E-state index contributed by atoms with van der Waals surface area (Å²) in [4.78, 5) is 4.62. The molecule has 0 aliphatic carbocycles. The van der Waals surface area contributed by atoms with Gasteiger partial charge in [-0.05, 0) is 42.0 Å². The number of rotatable bonds is 6. The predicted molar refractivity (Wildman–Crippen MR) is 117 cm³/mol. The largest absolute Gasteiger partial charge is 0.493 e. The molecule has 0 atom stereocenters. The Balaban J connectivity index is 1.50. The lowest BCUT2D eigenvalue weighted by molar-refractivity contribution is 0.284. The van der Waals surface area contributed by atoms with Crippen LogP contribution in [-0.2, 0) is 6.61 Å². The molecular formula is C23H18ClNO2S. The quantitative estimate of drug-likeness (QED) is 0.356. The van der Waals surface area contributed by atoms with Crippen LogP contribution in [0.1, 0.15) is 16.1 Å². The average Bonchev–Trinajstić information content (AvgIpc) is 3.15. The van der Waals surface area contributed by atoms with Crippen LogP contribution in [0.2, 0.25) is 5.02 Å². The SMILES string of the molecule is COc1cc(/C=C/c2nc3ccccc3s2)ccc1OCc1ccccc1Cl. The maximum absolute atomic E-state index is 6.19. The van der Waals surface area contributed by atoms with E-state index in [0.717, 1.165) is 21.7 Å². The summed E-state index contributed by atoms with van der Waals surface area (Å²) in [5.74, 6) is 1.36. The van der Waals surface area contributed by atoms with E-state index in [1.165, 1.54) is 4.70 Å². The van der Waals surface area contributed by atoms with E-state index in [2.05, 4.69) is 11.1 Å². The van der Waals surface area contributed by atoms with Crippen molar-refractivity contribution in [2.45, 2.75) is 6.61 Å². The van der Waals surface area contributed by atoms with Gasteiger partial charge in [0.1, 0.15) is 11.6 Å². The first-order valence-corrected chi connectivity index (χ1v) is 10.0. The Labute approximate surface area is 172 Å². The van der Waals surface area contributed by atoms with E-state index in [-0.39, 0.29) is 0 Å². The van der Waals surface area contributed by atoms with Crippen molar-refractivity contribution in [1.82, 2.24) is 4.98 Å². The highest BCUT2D eigenvalue weighted by Crippen LogP contribution is 2.31. The summed E-state index contributed by atoms with van der Waals surface area (Å²) in [5, 5.41) is 1.66. The van der Waals surface area contributed by atoms with Crippen LogP contribution in [-0.4, -0.2) is 12.1 Å². The molecule has 0 bridgehead atoms. The normalized spacial score (nSPS) is 11.2. The van der Waals surface area contributed by atoms with Crippen molar-refractivity contribution in [3.05, 3.63) is 87.9 Å². The molecule has 1 aromatic heterocycles. The molecular weight excluding hydrogens is 390 g/mol. The fraction of sp³-hybridized carbons (Fsp3) is 0.0870. The van der Waals surface area contributed by atoms with E-state index < -0.39 is 0 Å². The Morgan fingerprint density at radius 3 is 2.61 bits per heavy atom. The third-order valence-corrected chi connectivity index (χ3v) is 5.63. The molecule has 0 saturated carbocycles. The van der Waals surface area contributed by atoms with Crippen molar-refractivity contribution in [3.63, 3.8) is 0 Å². The van der Waals surface area contributed by atoms with Gasteiger partial charge in [0.05, 0.1) is 17.3 Å². The molecule has 0 amide bonds. The molecule has 0 saturated heterocycles. The fourth-order valence-electron chi connectivity index (χ4n) is 2.81. The number of hydrogen-bond donors (Lipinski definition) is 0. The third-order valence-electron chi connectivity index (χ3n) is 4.26. The van der Waals surface area contributed by atoms with Crippen molar-refractivity contribution < 1.29 is 9.47 Å². The zero-order chi connectivity index (χ0) is 19.3. The van der Waals surface area contributed by atoms with E-state index >= 15 is 0 Å². The maximum Gasteiger partial charge on any atom is 0.161 e. The van der Waals surface area contributed by atoms with Gasteiger partial charge < -0.3 is 9.47 Å². The molecule has 0 aliphatic rings. The van der Waals surface area contributed by atoms with Crippen molar-refractivity contribution >= 4 is 45.3 Å². The number of ether oxygens (including phenoxy) is 2. The third kappa shape index (κ3) is 4.19. The number of para-hydroxylation sites is 1. The summed E-state index contributed by atoms with van der Waals surface area (Å²) >= 11 is 7.86. The molecule has 4 aromatic rings. The number of hydrogen-bond acceptors (Lipinski definition) is 4. The molecule has 5 heteroatoms. The second-order valence-corrected chi connectivity index (χ2v) is 7.61. The van der Waals surface area contributed by atoms with Crippen molar-refractivity contribution in [2.24, 2.45) is 0 Å². The average molecular weight is 408 g/mol. The zero-order valence-corrected chi connectivity index (χ0v) is 16.8. The molecule has 0 fully saturated rings. The molecule has 0 N–H and O–H groups in total. The summed E-state index contributed by atoms with van der Waals surface area (Å²) < 4.78 is 12.6. The van der Waals surface area contributed by atoms with Crippen LogP contribution >= 0.6 is 22.9 Å².